The Balaban J connectivity index is 0.00000289. The smallest absolute Gasteiger partial charge is 0.240 e. The summed E-state index contributed by atoms with van der Waals surface area (Å²) in [6.07, 6.45) is 0.411. The highest BCUT2D eigenvalue weighted by Crippen LogP contribution is 2.33. The summed E-state index contributed by atoms with van der Waals surface area (Å²) in [5, 5.41) is 5.40. The molecule has 1 atom stereocenters. The first kappa shape index (κ1) is 24.9. The van der Waals surface area contributed by atoms with Gasteiger partial charge >= 0.3 is 0 Å². The summed E-state index contributed by atoms with van der Waals surface area (Å²) in [7, 11) is 0. The molecule has 0 fully saturated rings. The molecule has 35 heavy (non-hydrogen) atoms. The molecule has 0 saturated carbocycles. The van der Waals surface area contributed by atoms with Gasteiger partial charge in [-0.2, -0.15) is 13.5 Å². The SMILES string of the molecule is Cc1ccc(Nc2c(-c3ccc(F)cc3)nc3n2CCN(C(=O)[C@@H](N)Cc2cscn2)C3)cc1.S. The van der Waals surface area contributed by atoms with Crippen molar-refractivity contribution < 1.29 is 9.18 Å². The molecule has 0 aliphatic carbocycles. The van der Waals surface area contributed by atoms with Crippen LogP contribution in [0.3, 0.4) is 0 Å². The molecule has 0 spiro atoms. The third kappa shape index (κ3) is 5.39. The van der Waals surface area contributed by atoms with Crippen LogP contribution in [0.2, 0.25) is 0 Å². The normalized spacial score (nSPS) is 13.6. The van der Waals surface area contributed by atoms with Gasteiger partial charge in [-0.25, -0.2) is 14.4 Å². The van der Waals surface area contributed by atoms with Crippen molar-refractivity contribution in [2.45, 2.75) is 32.5 Å². The van der Waals surface area contributed by atoms with Crippen molar-refractivity contribution in [2.75, 3.05) is 11.9 Å². The molecular weight excluding hydrogens is 483 g/mol. The zero-order valence-electron chi connectivity index (χ0n) is 19.2. The molecule has 182 valence electrons. The van der Waals surface area contributed by atoms with Gasteiger partial charge in [0.1, 0.15) is 23.2 Å². The number of halogens is 1. The number of aromatic nitrogens is 3. The van der Waals surface area contributed by atoms with Crippen LogP contribution >= 0.6 is 24.8 Å². The van der Waals surface area contributed by atoms with Crippen LogP contribution in [0.1, 0.15) is 17.1 Å². The average Bonchev–Trinajstić information content (AvgIpc) is 3.48. The lowest BCUT2D eigenvalue weighted by Gasteiger charge is -2.30. The van der Waals surface area contributed by atoms with Gasteiger partial charge in [0.15, 0.2) is 0 Å². The van der Waals surface area contributed by atoms with Crippen LogP contribution in [0, 0.1) is 12.7 Å². The zero-order chi connectivity index (χ0) is 23.7. The van der Waals surface area contributed by atoms with Crippen molar-refractivity contribution in [1.82, 2.24) is 19.4 Å². The van der Waals surface area contributed by atoms with E-state index in [1.54, 1.807) is 22.5 Å². The van der Waals surface area contributed by atoms with Crippen LogP contribution in [-0.4, -0.2) is 37.9 Å². The lowest BCUT2D eigenvalue weighted by molar-refractivity contribution is -0.134. The number of hydrogen-bond donors (Lipinski definition) is 2. The predicted molar refractivity (Wildman–Crippen MR) is 142 cm³/mol. The number of aryl methyl sites for hydroxylation is 1. The van der Waals surface area contributed by atoms with Gasteiger partial charge in [0.05, 0.1) is 23.8 Å². The number of fused-ring (bicyclic) bond motifs is 1. The fraction of sp³-hybridized carbons (Fsp3) is 0.240. The summed E-state index contributed by atoms with van der Waals surface area (Å²) in [6, 6.07) is 13.8. The third-order valence-corrected chi connectivity index (χ3v) is 6.58. The summed E-state index contributed by atoms with van der Waals surface area (Å²) in [6.45, 7) is 3.50. The highest BCUT2D eigenvalue weighted by Gasteiger charge is 2.29. The Morgan fingerprint density at radius 3 is 2.60 bits per heavy atom. The minimum absolute atomic E-state index is 0. The molecule has 2 aromatic heterocycles. The number of nitrogens with zero attached hydrogens (tertiary/aromatic N) is 4. The molecule has 2 aromatic carbocycles. The molecule has 0 bridgehead atoms. The number of rotatable bonds is 6. The van der Waals surface area contributed by atoms with Crippen molar-refractivity contribution in [2.24, 2.45) is 5.73 Å². The second kappa shape index (κ2) is 10.6. The summed E-state index contributed by atoms with van der Waals surface area (Å²) < 4.78 is 15.7. The van der Waals surface area contributed by atoms with Crippen LogP contribution in [-0.2, 0) is 24.3 Å². The molecule has 0 saturated heterocycles. The van der Waals surface area contributed by atoms with Crippen molar-refractivity contribution in [3.8, 4) is 11.3 Å². The maximum Gasteiger partial charge on any atom is 0.240 e. The third-order valence-electron chi connectivity index (χ3n) is 5.95. The van der Waals surface area contributed by atoms with E-state index in [2.05, 4.69) is 14.9 Å². The molecule has 3 heterocycles. The van der Waals surface area contributed by atoms with E-state index in [4.69, 9.17) is 10.7 Å². The van der Waals surface area contributed by atoms with Crippen molar-refractivity contribution >= 4 is 42.2 Å². The first-order chi connectivity index (χ1) is 16.5. The molecule has 7 nitrogen and oxygen atoms in total. The van der Waals surface area contributed by atoms with E-state index in [9.17, 15) is 9.18 Å². The van der Waals surface area contributed by atoms with Gasteiger partial charge in [0.2, 0.25) is 5.91 Å². The fourth-order valence-electron chi connectivity index (χ4n) is 4.11. The highest BCUT2D eigenvalue weighted by molar-refractivity contribution is 7.59. The first-order valence-electron chi connectivity index (χ1n) is 11.1. The highest BCUT2D eigenvalue weighted by atomic mass is 32.1. The lowest BCUT2D eigenvalue weighted by atomic mass is 10.1. The van der Waals surface area contributed by atoms with Crippen molar-refractivity contribution in [3.63, 3.8) is 0 Å². The van der Waals surface area contributed by atoms with E-state index in [1.165, 1.54) is 29.0 Å². The molecule has 10 heteroatoms. The number of imidazole rings is 1. The second-order valence-electron chi connectivity index (χ2n) is 8.42. The minimum atomic E-state index is -0.648. The maximum atomic E-state index is 13.6. The largest absolute Gasteiger partial charge is 0.340 e. The second-order valence-corrected chi connectivity index (χ2v) is 9.14. The quantitative estimate of drug-likeness (QED) is 0.405. The van der Waals surface area contributed by atoms with E-state index in [0.29, 0.717) is 26.1 Å². The number of anilines is 2. The Kier molecular flexibility index (Phi) is 7.54. The lowest BCUT2D eigenvalue weighted by Crippen LogP contribution is -2.47. The number of amides is 1. The van der Waals surface area contributed by atoms with Gasteiger partial charge in [-0.3, -0.25) is 4.79 Å². The molecule has 0 unspecified atom stereocenters. The number of nitrogens with two attached hydrogens (primary N) is 1. The van der Waals surface area contributed by atoms with Gasteiger partial charge in [0, 0.05) is 36.1 Å². The van der Waals surface area contributed by atoms with Gasteiger partial charge in [-0.1, -0.05) is 17.7 Å². The Bertz CT molecular complexity index is 1290. The molecule has 1 amide bonds. The maximum absolute atomic E-state index is 13.6. The monoisotopic (exact) mass is 510 g/mol. The van der Waals surface area contributed by atoms with Gasteiger partial charge < -0.3 is 20.5 Å². The van der Waals surface area contributed by atoms with Gasteiger partial charge in [-0.15, -0.1) is 11.3 Å². The molecule has 5 rings (SSSR count). The van der Waals surface area contributed by atoms with Crippen LogP contribution in [0.5, 0.6) is 0 Å². The van der Waals surface area contributed by atoms with E-state index in [1.807, 2.05) is 36.6 Å². The number of benzene rings is 2. The van der Waals surface area contributed by atoms with E-state index in [-0.39, 0.29) is 25.2 Å². The number of carbonyl (C=O) groups excluding carboxylic acids is 1. The summed E-state index contributed by atoms with van der Waals surface area (Å²) in [5.41, 5.74) is 12.4. The average molecular weight is 511 g/mol. The Morgan fingerprint density at radius 1 is 1.17 bits per heavy atom. The zero-order valence-corrected chi connectivity index (χ0v) is 21.1. The standard InChI is InChI=1S/C25H25FN6OS.H2S/c1-16-2-8-19(9-3-16)29-24-23(17-4-6-18(26)7-5-17)30-22-13-31(10-11-32(22)24)25(33)21(27)12-20-14-34-15-28-20;/h2-9,14-15,21,29H,10-13,27H2,1H3;1H2/t21-;/m0./s1. The molecule has 0 radical (unpaired) electrons. The number of carbonyl (C=O) groups is 1. The number of hydrogen-bond acceptors (Lipinski definition) is 6. The van der Waals surface area contributed by atoms with Crippen molar-refractivity contribution in [1.29, 1.82) is 0 Å². The summed E-state index contributed by atoms with van der Waals surface area (Å²) in [5.74, 6) is 1.17. The fourth-order valence-corrected chi connectivity index (χ4v) is 4.69. The van der Waals surface area contributed by atoms with Gasteiger partial charge in [-0.05, 0) is 43.3 Å². The first-order valence-corrected chi connectivity index (χ1v) is 12.0. The Labute approximate surface area is 214 Å². The van der Waals surface area contributed by atoms with E-state index < -0.39 is 6.04 Å². The topological polar surface area (TPSA) is 89.1 Å². The number of nitrogens with one attached hydrogen (secondary N) is 1. The van der Waals surface area contributed by atoms with E-state index >= 15 is 0 Å². The number of thiazole rings is 1. The van der Waals surface area contributed by atoms with Crippen LogP contribution in [0.15, 0.2) is 59.4 Å². The Morgan fingerprint density at radius 2 is 1.91 bits per heavy atom. The van der Waals surface area contributed by atoms with Crippen LogP contribution < -0.4 is 11.1 Å². The summed E-state index contributed by atoms with van der Waals surface area (Å²) in [4.78, 5) is 23.9. The minimum Gasteiger partial charge on any atom is -0.340 e. The molecule has 1 aliphatic rings. The molecule has 4 aromatic rings. The molecular formula is C25H27FN6OS2. The van der Waals surface area contributed by atoms with Gasteiger partial charge in [0.25, 0.3) is 0 Å². The van der Waals surface area contributed by atoms with Crippen LogP contribution in [0.4, 0.5) is 15.9 Å². The van der Waals surface area contributed by atoms with Crippen molar-refractivity contribution in [3.05, 3.63) is 82.3 Å². The predicted octanol–water partition coefficient (Wildman–Crippen LogP) is 4.22. The van der Waals surface area contributed by atoms with E-state index in [0.717, 1.165) is 34.3 Å². The van der Waals surface area contributed by atoms with Crippen LogP contribution in [0.25, 0.3) is 11.3 Å². The summed E-state index contributed by atoms with van der Waals surface area (Å²) >= 11 is 1.49. The molecule has 1 aliphatic heterocycles. The Hall–Kier alpha value is -3.21. The molecule has 3 N–H and O–H groups in total.